The molecule has 0 saturated heterocycles. The molecule has 112 valence electrons. The van der Waals surface area contributed by atoms with Crippen LogP contribution in [0.15, 0.2) is 29.8 Å². The number of nitrogens with zero attached hydrogens (tertiary/aromatic N) is 1. The Morgan fingerprint density at radius 3 is 2.95 bits per heavy atom. The third-order valence-electron chi connectivity index (χ3n) is 3.17. The highest BCUT2D eigenvalue weighted by Crippen LogP contribution is 2.21. The lowest BCUT2D eigenvalue weighted by molar-refractivity contribution is 0.0941. The molecule has 2 aromatic heterocycles. The number of pyridine rings is 1. The van der Waals surface area contributed by atoms with Crippen LogP contribution in [0.25, 0.3) is 0 Å². The second kappa shape index (κ2) is 7.22. The van der Waals surface area contributed by atoms with Gasteiger partial charge in [0.15, 0.2) is 0 Å². The van der Waals surface area contributed by atoms with Crippen molar-refractivity contribution in [1.82, 2.24) is 10.3 Å². The van der Waals surface area contributed by atoms with Gasteiger partial charge in [0.05, 0.1) is 17.3 Å². The van der Waals surface area contributed by atoms with Gasteiger partial charge in [-0.15, -0.1) is 11.3 Å². The number of hydrogen-bond acceptors (Lipinski definition) is 4. The van der Waals surface area contributed by atoms with Gasteiger partial charge >= 0.3 is 0 Å². The minimum absolute atomic E-state index is 0.00201. The first-order valence-corrected chi connectivity index (χ1v) is 8.04. The zero-order chi connectivity index (χ0) is 15.2. The maximum atomic E-state index is 12.5. The van der Waals surface area contributed by atoms with Gasteiger partial charge in [-0.3, -0.25) is 9.78 Å². The second-order valence-corrected chi connectivity index (χ2v) is 5.99. The fourth-order valence-corrected chi connectivity index (χ4v) is 2.76. The van der Waals surface area contributed by atoms with Crippen LogP contribution in [0.4, 0.5) is 5.69 Å². The van der Waals surface area contributed by atoms with Crippen molar-refractivity contribution in [2.45, 2.75) is 33.2 Å². The van der Waals surface area contributed by atoms with E-state index in [1.165, 1.54) is 0 Å². The molecule has 1 unspecified atom stereocenters. The molecule has 0 bridgehead atoms. The average molecular weight is 303 g/mol. The number of carbonyl (C=O) groups excluding carboxylic acids is 1. The zero-order valence-corrected chi connectivity index (χ0v) is 13.5. The third-order valence-corrected chi connectivity index (χ3v) is 4.22. The first-order chi connectivity index (χ1) is 10.1. The number of hydrogen-bond donors (Lipinski definition) is 2. The first-order valence-electron chi connectivity index (χ1n) is 7.16. The van der Waals surface area contributed by atoms with Crippen molar-refractivity contribution in [3.63, 3.8) is 0 Å². The first kappa shape index (κ1) is 15.5. The topological polar surface area (TPSA) is 54.0 Å². The highest BCUT2D eigenvalue weighted by atomic mass is 32.1. The fraction of sp³-hybridized carbons (Fsp3) is 0.375. The van der Waals surface area contributed by atoms with E-state index >= 15 is 0 Å². The van der Waals surface area contributed by atoms with E-state index in [-0.39, 0.29) is 11.9 Å². The van der Waals surface area contributed by atoms with Gasteiger partial charge in [0.1, 0.15) is 0 Å². The number of nitrogens with one attached hydrogen (secondary N) is 2. The fourth-order valence-electron chi connectivity index (χ4n) is 2.03. The third kappa shape index (κ3) is 4.04. The summed E-state index contributed by atoms with van der Waals surface area (Å²) in [4.78, 5) is 17.8. The van der Waals surface area contributed by atoms with Crippen molar-refractivity contribution in [1.29, 1.82) is 0 Å². The van der Waals surface area contributed by atoms with Crippen molar-refractivity contribution in [2.24, 2.45) is 0 Å². The Hall–Kier alpha value is -1.88. The van der Waals surface area contributed by atoms with Crippen LogP contribution < -0.4 is 10.6 Å². The summed E-state index contributed by atoms with van der Waals surface area (Å²) >= 11 is 1.64. The predicted octanol–water partition coefficient (Wildman–Crippen LogP) is 3.76. The molecular weight excluding hydrogens is 282 g/mol. The average Bonchev–Trinajstić information content (AvgIpc) is 2.99. The van der Waals surface area contributed by atoms with E-state index in [1.54, 1.807) is 17.5 Å². The molecule has 0 aliphatic rings. The van der Waals surface area contributed by atoms with Crippen molar-refractivity contribution in [2.75, 3.05) is 11.9 Å². The molecule has 2 aromatic rings. The van der Waals surface area contributed by atoms with Crippen LogP contribution in [0.5, 0.6) is 0 Å². The van der Waals surface area contributed by atoms with Gasteiger partial charge in [0.25, 0.3) is 5.91 Å². The Morgan fingerprint density at radius 2 is 2.29 bits per heavy atom. The van der Waals surface area contributed by atoms with Crippen LogP contribution in [0.1, 0.15) is 47.2 Å². The molecule has 5 heteroatoms. The lowest BCUT2D eigenvalue weighted by Crippen LogP contribution is -2.27. The molecule has 0 aliphatic heterocycles. The summed E-state index contributed by atoms with van der Waals surface area (Å²) in [5.41, 5.74) is 2.34. The zero-order valence-electron chi connectivity index (χ0n) is 12.6. The number of aromatic nitrogens is 1. The molecule has 4 nitrogen and oxygen atoms in total. The van der Waals surface area contributed by atoms with Crippen LogP contribution in [-0.4, -0.2) is 17.4 Å². The van der Waals surface area contributed by atoms with Gasteiger partial charge < -0.3 is 10.6 Å². The quantitative estimate of drug-likeness (QED) is 0.854. The number of rotatable bonds is 6. The van der Waals surface area contributed by atoms with Crippen LogP contribution >= 0.6 is 11.3 Å². The SMILES string of the molecule is CCCNc1cc(C)ncc1C(=O)NC(C)c1cccs1. The molecule has 1 amide bonds. The number of carbonyl (C=O) groups is 1. The summed E-state index contributed by atoms with van der Waals surface area (Å²) in [6.07, 6.45) is 2.65. The largest absolute Gasteiger partial charge is 0.384 e. The summed E-state index contributed by atoms with van der Waals surface area (Å²) in [7, 11) is 0. The van der Waals surface area contributed by atoms with Crippen LogP contribution in [0.3, 0.4) is 0 Å². The van der Waals surface area contributed by atoms with Gasteiger partial charge in [0.2, 0.25) is 0 Å². The summed E-state index contributed by atoms with van der Waals surface area (Å²) in [5.74, 6) is -0.0954. The van der Waals surface area contributed by atoms with Crippen molar-refractivity contribution < 1.29 is 4.79 Å². The number of anilines is 1. The van der Waals surface area contributed by atoms with E-state index in [0.717, 1.165) is 29.2 Å². The monoisotopic (exact) mass is 303 g/mol. The minimum Gasteiger partial charge on any atom is -0.384 e. The summed E-state index contributed by atoms with van der Waals surface area (Å²) < 4.78 is 0. The van der Waals surface area contributed by atoms with Crippen molar-refractivity contribution >= 4 is 22.9 Å². The highest BCUT2D eigenvalue weighted by Gasteiger charge is 2.16. The normalized spacial score (nSPS) is 12.0. The molecule has 0 aromatic carbocycles. The Labute approximate surface area is 129 Å². The van der Waals surface area contributed by atoms with Crippen LogP contribution in [-0.2, 0) is 0 Å². The lowest BCUT2D eigenvalue weighted by atomic mass is 10.1. The van der Waals surface area contributed by atoms with Crippen LogP contribution in [0.2, 0.25) is 0 Å². The van der Waals surface area contributed by atoms with Crippen molar-refractivity contribution in [3.8, 4) is 0 Å². The lowest BCUT2D eigenvalue weighted by Gasteiger charge is -2.15. The molecule has 2 rings (SSSR count). The van der Waals surface area contributed by atoms with E-state index in [4.69, 9.17) is 0 Å². The van der Waals surface area contributed by atoms with Gasteiger partial charge in [-0.05, 0) is 37.8 Å². The number of thiophene rings is 1. The number of aryl methyl sites for hydroxylation is 1. The molecule has 0 radical (unpaired) electrons. The van der Waals surface area contributed by atoms with Gasteiger partial charge in [-0.1, -0.05) is 13.0 Å². The molecule has 1 atom stereocenters. The van der Waals surface area contributed by atoms with E-state index in [9.17, 15) is 4.79 Å². The maximum Gasteiger partial charge on any atom is 0.255 e. The number of amides is 1. The summed E-state index contributed by atoms with van der Waals surface area (Å²) in [6.45, 7) is 6.85. The van der Waals surface area contributed by atoms with Gasteiger partial charge in [0, 0.05) is 23.3 Å². The predicted molar refractivity (Wildman–Crippen MR) is 88.0 cm³/mol. The minimum atomic E-state index is -0.0954. The molecule has 0 spiro atoms. The highest BCUT2D eigenvalue weighted by molar-refractivity contribution is 7.10. The van der Waals surface area contributed by atoms with Crippen molar-refractivity contribution in [3.05, 3.63) is 45.9 Å². The van der Waals surface area contributed by atoms with Crippen LogP contribution in [0, 0.1) is 6.92 Å². The summed E-state index contributed by atoms with van der Waals surface area (Å²) in [6, 6.07) is 5.93. The molecule has 2 heterocycles. The molecule has 0 saturated carbocycles. The van der Waals surface area contributed by atoms with E-state index < -0.39 is 0 Å². The van der Waals surface area contributed by atoms with E-state index in [0.29, 0.717) is 5.56 Å². The second-order valence-electron chi connectivity index (χ2n) is 5.01. The molecule has 0 fully saturated rings. The molecule has 2 N–H and O–H groups in total. The molecule has 0 aliphatic carbocycles. The van der Waals surface area contributed by atoms with E-state index in [2.05, 4.69) is 22.5 Å². The summed E-state index contributed by atoms with van der Waals surface area (Å²) in [5, 5.41) is 8.33. The maximum absolute atomic E-state index is 12.5. The van der Waals surface area contributed by atoms with Gasteiger partial charge in [-0.2, -0.15) is 0 Å². The Kier molecular flexibility index (Phi) is 5.33. The Morgan fingerprint density at radius 1 is 1.48 bits per heavy atom. The molecule has 21 heavy (non-hydrogen) atoms. The van der Waals surface area contributed by atoms with E-state index in [1.807, 2.05) is 37.4 Å². The Bertz CT molecular complexity index is 596. The smallest absolute Gasteiger partial charge is 0.255 e. The Balaban J connectivity index is 2.14. The van der Waals surface area contributed by atoms with Gasteiger partial charge in [-0.25, -0.2) is 0 Å². The standard InChI is InChI=1S/C16H21N3OS/c1-4-7-17-14-9-11(2)18-10-13(14)16(20)19-12(3)15-6-5-8-21-15/h5-6,8-10,12H,4,7H2,1-3H3,(H,17,18)(H,19,20). The molecular formula is C16H21N3OS.